The number of amides is 3. The van der Waals surface area contributed by atoms with Crippen LogP contribution in [0.1, 0.15) is 44.2 Å². The first-order valence-electron chi connectivity index (χ1n) is 8.37. The highest BCUT2D eigenvalue weighted by atomic mass is 79.9. The van der Waals surface area contributed by atoms with Gasteiger partial charge in [0.15, 0.2) is 0 Å². The molecule has 2 fully saturated rings. The molecule has 0 aromatic heterocycles. The summed E-state index contributed by atoms with van der Waals surface area (Å²) in [7, 11) is 0. The quantitative estimate of drug-likeness (QED) is 0.801. The van der Waals surface area contributed by atoms with Crippen LogP contribution in [-0.2, 0) is 14.4 Å². The van der Waals surface area contributed by atoms with Crippen molar-refractivity contribution in [1.29, 1.82) is 0 Å². The van der Waals surface area contributed by atoms with Crippen molar-refractivity contribution in [2.24, 2.45) is 11.8 Å². The summed E-state index contributed by atoms with van der Waals surface area (Å²) in [5, 5.41) is 2.86. The summed E-state index contributed by atoms with van der Waals surface area (Å²) in [6.07, 6.45) is 3.51. The molecule has 2 aliphatic rings. The zero-order valence-corrected chi connectivity index (χ0v) is 15.2. The van der Waals surface area contributed by atoms with Crippen molar-refractivity contribution >= 4 is 33.7 Å². The number of halogens is 1. The Morgan fingerprint density at radius 2 is 1.71 bits per heavy atom. The standard InChI is InChI=1S/C18H21BrN2O3/c1-11(12-6-8-13(19)9-7-12)20-16(22)10-21-17(23)14-4-2-3-5-15(14)18(21)24/h6-9,11,14-15H,2-5,10H2,1H3,(H,20,22). The SMILES string of the molecule is CC(NC(=O)CN1C(=O)C2CCCCC2C1=O)c1ccc(Br)cc1. The Labute approximate surface area is 149 Å². The Morgan fingerprint density at radius 1 is 1.17 bits per heavy atom. The summed E-state index contributed by atoms with van der Waals surface area (Å²) < 4.78 is 0.973. The fourth-order valence-corrected chi connectivity index (χ4v) is 3.92. The number of nitrogens with one attached hydrogen (secondary N) is 1. The summed E-state index contributed by atoms with van der Waals surface area (Å²) in [5.41, 5.74) is 0.972. The third kappa shape index (κ3) is 3.38. The Kier molecular flexibility index (Phi) is 5.04. The molecular weight excluding hydrogens is 372 g/mol. The lowest BCUT2D eigenvalue weighted by atomic mass is 9.81. The molecule has 0 bridgehead atoms. The van der Waals surface area contributed by atoms with Crippen LogP contribution in [0.3, 0.4) is 0 Å². The van der Waals surface area contributed by atoms with E-state index in [0.29, 0.717) is 0 Å². The first kappa shape index (κ1) is 17.1. The first-order valence-corrected chi connectivity index (χ1v) is 9.16. The third-order valence-electron chi connectivity index (χ3n) is 4.98. The Bertz CT molecular complexity index is 635. The van der Waals surface area contributed by atoms with Gasteiger partial charge in [-0.1, -0.05) is 40.9 Å². The van der Waals surface area contributed by atoms with E-state index >= 15 is 0 Å². The van der Waals surface area contributed by atoms with Crippen LogP contribution >= 0.6 is 15.9 Å². The van der Waals surface area contributed by atoms with E-state index in [1.807, 2.05) is 31.2 Å². The fourth-order valence-electron chi connectivity index (χ4n) is 3.65. The number of fused-ring (bicyclic) bond motifs is 1. The van der Waals surface area contributed by atoms with Crippen molar-refractivity contribution in [3.63, 3.8) is 0 Å². The second-order valence-electron chi connectivity index (χ2n) is 6.60. The van der Waals surface area contributed by atoms with E-state index in [0.717, 1.165) is 40.6 Å². The largest absolute Gasteiger partial charge is 0.348 e. The van der Waals surface area contributed by atoms with Gasteiger partial charge in [-0.25, -0.2) is 0 Å². The Hall–Kier alpha value is -1.69. The van der Waals surface area contributed by atoms with Crippen molar-refractivity contribution in [3.8, 4) is 0 Å². The van der Waals surface area contributed by atoms with Gasteiger partial charge in [-0.3, -0.25) is 19.3 Å². The molecule has 0 spiro atoms. The molecule has 6 heteroatoms. The summed E-state index contributed by atoms with van der Waals surface area (Å²) in [6, 6.07) is 7.50. The highest BCUT2D eigenvalue weighted by molar-refractivity contribution is 9.10. The van der Waals surface area contributed by atoms with E-state index in [1.165, 1.54) is 0 Å². The number of rotatable bonds is 4. The van der Waals surface area contributed by atoms with Crippen molar-refractivity contribution in [2.75, 3.05) is 6.54 Å². The van der Waals surface area contributed by atoms with Gasteiger partial charge in [-0.2, -0.15) is 0 Å². The predicted octanol–water partition coefficient (Wildman–Crippen LogP) is 2.80. The molecule has 0 radical (unpaired) electrons. The maximum Gasteiger partial charge on any atom is 0.240 e. The van der Waals surface area contributed by atoms with Gasteiger partial charge < -0.3 is 5.32 Å². The van der Waals surface area contributed by atoms with Crippen LogP contribution in [-0.4, -0.2) is 29.2 Å². The normalized spacial score (nSPS) is 24.7. The highest BCUT2D eigenvalue weighted by Gasteiger charge is 2.48. The van der Waals surface area contributed by atoms with Gasteiger partial charge in [0, 0.05) is 4.47 Å². The minimum absolute atomic E-state index is 0.170. The molecule has 1 aliphatic heterocycles. The molecule has 5 nitrogen and oxygen atoms in total. The second kappa shape index (κ2) is 7.05. The Balaban J connectivity index is 1.61. The van der Waals surface area contributed by atoms with Crippen molar-refractivity contribution in [2.45, 2.75) is 38.6 Å². The fraction of sp³-hybridized carbons (Fsp3) is 0.500. The lowest BCUT2D eigenvalue weighted by molar-refractivity contribution is -0.143. The van der Waals surface area contributed by atoms with Crippen LogP contribution < -0.4 is 5.32 Å². The van der Waals surface area contributed by atoms with Gasteiger partial charge in [0.1, 0.15) is 6.54 Å². The molecule has 128 valence electrons. The van der Waals surface area contributed by atoms with Crippen LogP contribution in [0.25, 0.3) is 0 Å². The summed E-state index contributed by atoms with van der Waals surface area (Å²) in [6.45, 7) is 1.71. The van der Waals surface area contributed by atoms with Gasteiger partial charge >= 0.3 is 0 Å². The van der Waals surface area contributed by atoms with E-state index in [4.69, 9.17) is 0 Å². The average molecular weight is 393 g/mol. The third-order valence-corrected chi connectivity index (χ3v) is 5.51. The second-order valence-corrected chi connectivity index (χ2v) is 7.52. The highest BCUT2D eigenvalue weighted by Crippen LogP contribution is 2.37. The molecular formula is C18H21BrN2O3. The van der Waals surface area contributed by atoms with Crippen molar-refractivity contribution < 1.29 is 14.4 Å². The lowest BCUT2D eigenvalue weighted by Crippen LogP contribution is -2.41. The number of imide groups is 1. The predicted molar refractivity (Wildman–Crippen MR) is 92.9 cm³/mol. The van der Waals surface area contributed by atoms with Crippen molar-refractivity contribution in [3.05, 3.63) is 34.3 Å². The summed E-state index contributed by atoms with van der Waals surface area (Å²) >= 11 is 3.38. The number of carbonyl (C=O) groups is 3. The molecule has 1 aliphatic carbocycles. The maximum absolute atomic E-state index is 12.4. The molecule has 3 unspecified atom stereocenters. The summed E-state index contributed by atoms with van der Waals surface area (Å²) in [4.78, 5) is 38.2. The monoisotopic (exact) mass is 392 g/mol. The van der Waals surface area contributed by atoms with E-state index in [2.05, 4.69) is 21.2 Å². The molecule has 1 aromatic rings. The van der Waals surface area contributed by atoms with Gasteiger partial charge in [0.25, 0.3) is 0 Å². The number of hydrogen-bond acceptors (Lipinski definition) is 3. The van der Waals surface area contributed by atoms with Crippen LogP contribution in [0.15, 0.2) is 28.7 Å². The molecule has 1 saturated heterocycles. The van der Waals surface area contributed by atoms with Crippen LogP contribution in [0, 0.1) is 11.8 Å². The van der Waals surface area contributed by atoms with Crippen LogP contribution in [0.2, 0.25) is 0 Å². The number of likely N-dealkylation sites (tertiary alicyclic amines) is 1. The number of nitrogens with zero attached hydrogens (tertiary/aromatic N) is 1. The van der Waals surface area contributed by atoms with E-state index in [9.17, 15) is 14.4 Å². The van der Waals surface area contributed by atoms with E-state index in [-0.39, 0.29) is 42.1 Å². The number of carbonyl (C=O) groups excluding carboxylic acids is 3. The van der Waals surface area contributed by atoms with Crippen LogP contribution in [0.4, 0.5) is 0 Å². The van der Waals surface area contributed by atoms with Gasteiger partial charge in [0.05, 0.1) is 17.9 Å². The molecule has 24 heavy (non-hydrogen) atoms. The molecule has 3 rings (SSSR count). The minimum atomic E-state index is -0.300. The van der Waals surface area contributed by atoms with Gasteiger partial charge in [-0.05, 0) is 37.5 Å². The maximum atomic E-state index is 12.4. The number of benzene rings is 1. The average Bonchev–Trinajstić information content (AvgIpc) is 2.81. The molecule has 1 N–H and O–H groups in total. The summed E-state index contributed by atoms with van der Waals surface area (Å²) in [5.74, 6) is -1.05. The van der Waals surface area contributed by atoms with Crippen LogP contribution in [0.5, 0.6) is 0 Å². The topological polar surface area (TPSA) is 66.5 Å². The zero-order chi connectivity index (χ0) is 17.3. The number of hydrogen-bond donors (Lipinski definition) is 1. The molecule has 3 amide bonds. The smallest absolute Gasteiger partial charge is 0.240 e. The molecule has 3 atom stereocenters. The molecule has 1 heterocycles. The Morgan fingerprint density at radius 3 is 2.25 bits per heavy atom. The zero-order valence-electron chi connectivity index (χ0n) is 13.6. The van der Waals surface area contributed by atoms with E-state index < -0.39 is 0 Å². The van der Waals surface area contributed by atoms with E-state index in [1.54, 1.807) is 0 Å². The molecule has 1 saturated carbocycles. The minimum Gasteiger partial charge on any atom is -0.348 e. The van der Waals surface area contributed by atoms with Gasteiger partial charge in [-0.15, -0.1) is 0 Å². The van der Waals surface area contributed by atoms with Crippen molar-refractivity contribution in [1.82, 2.24) is 10.2 Å². The first-order chi connectivity index (χ1) is 11.5. The van der Waals surface area contributed by atoms with Gasteiger partial charge in [0.2, 0.25) is 17.7 Å². The lowest BCUT2D eigenvalue weighted by Gasteiger charge is -2.19. The molecule has 1 aromatic carbocycles.